The SMILES string of the molecule is NC(=O)c1ccc(C#CCNC(=O)/C=C/c2ccc3c(c2)OCO3)cc1. The van der Waals surface area contributed by atoms with Gasteiger partial charge in [0.15, 0.2) is 11.5 Å². The molecule has 0 saturated carbocycles. The average molecular weight is 348 g/mol. The van der Waals surface area contributed by atoms with Gasteiger partial charge in [0.25, 0.3) is 0 Å². The monoisotopic (exact) mass is 348 g/mol. The Kier molecular flexibility index (Phi) is 5.20. The Morgan fingerprint density at radius 1 is 1.12 bits per heavy atom. The Bertz CT molecular complexity index is 921. The van der Waals surface area contributed by atoms with Crippen molar-refractivity contribution in [2.24, 2.45) is 5.73 Å². The number of hydrogen-bond acceptors (Lipinski definition) is 4. The summed E-state index contributed by atoms with van der Waals surface area (Å²) >= 11 is 0. The van der Waals surface area contributed by atoms with Crippen molar-refractivity contribution in [2.45, 2.75) is 0 Å². The number of carbonyl (C=O) groups excluding carboxylic acids is 2. The number of nitrogens with two attached hydrogens (primary N) is 1. The Hall–Kier alpha value is -3.72. The molecule has 2 aromatic rings. The fourth-order valence-corrected chi connectivity index (χ4v) is 2.24. The summed E-state index contributed by atoms with van der Waals surface area (Å²) in [6, 6.07) is 12.1. The van der Waals surface area contributed by atoms with Crippen LogP contribution in [0.1, 0.15) is 21.5 Å². The number of primary amides is 1. The van der Waals surface area contributed by atoms with Gasteiger partial charge in [0.1, 0.15) is 0 Å². The van der Waals surface area contributed by atoms with E-state index in [9.17, 15) is 9.59 Å². The molecule has 0 atom stereocenters. The summed E-state index contributed by atoms with van der Waals surface area (Å²) in [5.41, 5.74) is 7.18. The van der Waals surface area contributed by atoms with Gasteiger partial charge in [0.05, 0.1) is 6.54 Å². The fraction of sp³-hybridized carbons (Fsp3) is 0.100. The van der Waals surface area contributed by atoms with Gasteiger partial charge in [0, 0.05) is 17.2 Å². The van der Waals surface area contributed by atoms with E-state index in [0.29, 0.717) is 17.1 Å². The van der Waals surface area contributed by atoms with Gasteiger partial charge in [-0.2, -0.15) is 0 Å². The number of benzene rings is 2. The van der Waals surface area contributed by atoms with Crippen LogP contribution in [0.25, 0.3) is 6.08 Å². The van der Waals surface area contributed by atoms with Crippen LogP contribution in [0.4, 0.5) is 0 Å². The maximum atomic E-state index is 11.8. The van der Waals surface area contributed by atoms with Gasteiger partial charge in [-0.25, -0.2) is 0 Å². The molecule has 26 heavy (non-hydrogen) atoms. The highest BCUT2D eigenvalue weighted by molar-refractivity contribution is 5.93. The van der Waals surface area contributed by atoms with E-state index < -0.39 is 5.91 Å². The summed E-state index contributed by atoms with van der Waals surface area (Å²) in [5.74, 6) is 6.38. The Morgan fingerprint density at radius 3 is 2.65 bits per heavy atom. The predicted octanol–water partition coefficient (Wildman–Crippen LogP) is 1.70. The van der Waals surface area contributed by atoms with Crippen molar-refractivity contribution >= 4 is 17.9 Å². The molecule has 6 nitrogen and oxygen atoms in total. The highest BCUT2D eigenvalue weighted by Gasteiger charge is 2.12. The maximum Gasteiger partial charge on any atom is 0.248 e. The molecule has 1 aliphatic rings. The van der Waals surface area contributed by atoms with Crippen molar-refractivity contribution in [2.75, 3.05) is 13.3 Å². The first-order valence-electron chi connectivity index (χ1n) is 7.86. The van der Waals surface area contributed by atoms with E-state index >= 15 is 0 Å². The quantitative estimate of drug-likeness (QED) is 0.650. The molecule has 6 heteroatoms. The molecule has 3 N–H and O–H groups in total. The zero-order valence-corrected chi connectivity index (χ0v) is 13.8. The first-order valence-corrected chi connectivity index (χ1v) is 7.86. The number of carbonyl (C=O) groups is 2. The van der Waals surface area contributed by atoms with Crippen LogP contribution in [0, 0.1) is 11.8 Å². The van der Waals surface area contributed by atoms with Gasteiger partial charge < -0.3 is 20.5 Å². The van der Waals surface area contributed by atoms with Gasteiger partial charge >= 0.3 is 0 Å². The second kappa shape index (κ2) is 7.90. The molecule has 2 aromatic carbocycles. The van der Waals surface area contributed by atoms with Gasteiger partial charge in [-0.3, -0.25) is 9.59 Å². The molecule has 0 saturated heterocycles. The summed E-state index contributed by atoms with van der Waals surface area (Å²) in [6.45, 7) is 0.425. The second-order valence-electron chi connectivity index (χ2n) is 5.41. The lowest BCUT2D eigenvalue weighted by atomic mass is 10.1. The second-order valence-corrected chi connectivity index (χ2v) is 5.41. The van der Waals surface area contributed by atoms with Crippen molar-refractivity contribution in [1.29, 1.82) is 0 Å². The van der Waals surface area contributed by atoms with E-state index in [2.05, 4.69) is 17.2 Å². The van der Waals surface area contributed by atoms with Crippen LogP contribution >= 0.6 is 0 Å². The van der Waals surface area contributed by atoms with Gasteiger partial charge in [-0.05, 0) is 48.0 Å². The van der Waals surface area contributed by atoms with E-state index in [4.69, 9.17) is 15.2 Å². The third kappa shape index (κ3) is 4.42. The lowest BCUT2D eigenvalue weighted by Crippen LogP contribution is -2.20. The zero-order chi connectivity index (χ0) is 18.4. The van der Waals surface area contributed by atoms with E-state index in [0.717, 1.165) is 11.1 Å². The molecular weight excluding hydrogens is 332 g/mol. The highest BCUT2D eigenvalue weighted by atomic mass is 16.7. The summed E-state index contributed by atoms with van der Waals surface area (Å²) in [5, 5.41) is 2.68. The summed E-state index contributed by atoms with van der Waals surface area (Å²) < 4.78 is 10.5. The molecule has 3 rings (SSSR count). The number of amides is 2. The van der Waals surface area contributed by atoms with Crippen LogP contribution in [-0.2, 0) is 4.79 Å². The van der Waals surface area contributed by atoms with Gasteiger partial charge in [0.2, 0.25) is 18.6 Å². The molecule has 0 radical (unpaired) electrons. The standard InChI is InChI=1S/C20H16N2O4/c21-20(24)16-7-3-14(4-8-16)2-1-11-22-19(23)10-6-15-5-9-17-18(12-15)26-13-25-17/h3-10,12H,11,13H2,(H2,21,24)(H,22,23)/b10-6+. The normalized spacial score (nSPS) is 11.7. The molecule has 0 bridgehead atoms. The molecule has 1 aliphatic heterocycles. The molecule has 1 heterocycles. The minimum atomic E-state index is -0.481. The molecule has 0 aliphatic carbocycles. The summed E-state index contributed by atoms with van der Waals surface area (Å²) in [4.78, 5) is 22.8. The number of fused-ring (bicyclic) bond motifs is 1. The molecule has 0 spiro atoms. The van der Waals surface area contributed by atoms with E-state index in [1.54, 1.807) is 36.4 Å². The zero-order valence-electron chi connectivity index (χ0n) is 13.8. The number of nitrogens with one attached hydrogen (secondary N) is 1. The largest absolute Gasteiger partial charge is 0.454 e. The van der Waals surface area contributed by atoms with Crippen molar-refractivity contribution in [3.05, 3.63) is 65.2 Å². The molecule has 2 amide bonds. The summed E-state index contributed by atoms with van der Waals surface area (Å²) in [6.07, 6.45) is 3.12. The Balaban J connectivity index is 1.49. The topological polar surface area (TPSA) is 90.7 Å². The maximum absolute atomic E-state index is 11.8. The lowest BCUT2D eigenvalue weighted by Gasteiger charge is -1.98. The lowest BCUT2D eigenvalue weighted by molar-refractivity contribution is -0.116. The Labute approximate surface area is 150 Å². The van der Waals surface area contributed by atoms with Crippen molar-refractivity contribution in [3.8, 4) is 23.3 Å². The van der Waals surface area contributed by atoms with E-state index in [1.165, 1.54) is 6.08 Å². The fourth-order valence-electron chi connectivity index (χ4n) is 2.24. The van der Waals surface area contributed by atoms with Crippen LogP contribution in [0.5, 0.6) is 11.5 Å². The van der Waals surface area contributed by atoms with E-state index in [-0.39, 0.29) is 19.2 Å². The minimum absolute atomic E-state index is 0.210. The first kappa shape index (κ1) is 17.1. The van der Waals surface area contributed by atoms with Crippen molar-refractivity contribution in [3.63, 3.8) is 0 Å². The van der Waals surface area contributed by atoms with Gasteiger partial charge in [-0.1, -0.05) is 17.9 Å². The molecule has 0 aromatic heterocycles. The van der Waals surface area contributed by atoms with Crippen LogP contribution in [0.3, 0.4) is 0 Å². The van der Waals surface area contributed by atoms with Crippen LogP contribution in [-0.4, -0.2) is 25.2 Å². The average Bonchev–Trinajstić information content (AvgIpc) is 3.11. The van der Waals surface area contributed by atoms with Crippen LogP contribution < -0.4 is 20.5 Å². The van der Waals surface area contributed by atoms with Crippen LogP contribution in [0.2, 0.25) is 0 Å². The minimum Gasteiger partial charge on any atom is -0.454 e. The molecule has 130 valence electrons. The molecule has 0 unspecified atom stereocenters. The van der Waals surface area contributed by atoms with Crippen molar-refractivity contribution in [1.82, 2.24) is 5.32 Å². The Morgan fingerprint density at radius 2 is 1.88 bits per heavy atom. The third-order valence-electron chi connectivity index (χ3n) is 3.58. The first-order chi connectivity index (χ1) is 12.6. The number of hydrogen-bond donors (Lipinski definition) is 2. The highest BCUT2D eigenvalue weighted by Crippen LogP contribution is 2.32. The number of rotatable bonds is 4. The molecule has 0 fully saturated rings. The van der Waals surface area contributed by atoms with Crippen LogP contribution in [0.15, 0.2) is 48.5 Å². The predicted molar refractivity (Wildman–Crippen MR) is 96.4 cm³/mol. The van der Waals surface area contributed by atoms with E-state index in [1.807, 2.05) is 12.1 Å². The molecular formula is C20H16N2O4. The van der Waals surface area contributed by atoms with Crippen molar-refractivity contribution < 1.29 is 19.1 Å². The third-order valence-corrected chi connectivity index (χ3v) is 3.58. The van der Waals surface area contributed by atoms with Gasteiger partial charge in [-0.15, -0.1) is 0 Å². The number of ether oxygens (including phenoxy) is 2. The smallest absolute Gasteiger partial charge is 0.248 e. The summed E-state index contributed by atoms with van der Waals surface area (Å²) in [7, 11) is 0.